The van der Waals surface area contributed by atoms with E-state index in [4.69, 9.17) is 0 Å². The van der Waals surface area contributed by atoms with Gasteiger partial charge in [0, 0.05) is 0 Å². The van der Waals surface area contributed by atoms with Gasteiger partial charge in [-0.1, -0.05) is 32.1 Å². The van der Waals surface area contributed by atoms with Crippen LogP contribution < -0.4 is 0 Å². The van der Waals surface area contributed by atoms with Crippen LogP contribution in [0.2, 0.25) is 0 Å². The molecule has 1 aliphatic carbocycles. The minimum Gasteiger partial charge on any atom is -0.217 e. The zero-order chi connectivity index (χ0) is 9.03. The summed E-state index contributed by atoms with van der Waals surface area (Å²) in [5, 5.41) is -0.127. The molecule has 0 heterocycles. The average Bonchev–Trinajstić information content (AvgIpc) is 1.81. The van der Waals surface area contributed by atoms with E-state index in [0.717, 1.165) is 25.7 Å². The van der Waals surface area contributed by atoms with Crippen molar-refractivity contribution in [1.82, 2.24) is 0 Å². The second-order valence-electron chi connectivity index (χ2n) is 3.44. The maximum Gasteiger partial charge on any atom is 0.212 e. The minimum absolute atomic E-state index is 0.127. The Kier molecular flexibility index (Phi) is 4.03. The number of hydrogen-bond acceptors (Lipinski definition) is 2. The fraction of sp³-hybridized carbons (Fsp3) is 1.00. The molecule has 0 aromatic rings. The molecule has 1 fully saturated rings. The van der Waals surface area contributed by atoms with Crippen LogP contribution in [0.15, 0.2) is 0 Å². The predicted octanol–water partition coefficient (Wildman–Crippen LogP) is 2.82. The van der Waals surface area contributed by atoms with E-state index in [2.05, 4.69) is 14.8 Å². The lowest BCUT2D eigenvalue weighted by Crippen LogP contribution is -2.16. The van der Waals surface area contributed by atoms with E-state index < -0.39 is 8.27 Å². The zero-order valence-corrected chi connectivity index (χ0v) is 9.53. The zero-order valence-electron chi connectivity index (χ0n) is 7.13. The number of rotatable bonds is 1. The summed E-state index contributed by atoms with van der Waals surface area (Å²) < 4.78 is 22.3. The Bertz CT molecular complexity index is 215. The lowest BCUT2D eigenvalue weighted by atomic mass is 10.0. The van der Waals surface area contributed by atoms with Crippen LogP contribution in [-0.2, 0) is 8.27 Å². The SMILES string of the molecule is O=S(=O)(Br)C1CCCCCCC1. The lowest BCUT2D eigenvalue weighted by molar-refractivity contribution is 0.494. The van der Waals surface area contributed by atoms with Crippen LogP contribution in [-0.4, -0.2) is 13.7 Å². The molecule has 0 bridgehead atoms. The first-order valence-electron chi connectivity index (χ1n) is 4.54. The second kappa shape index (κ2) is 4.61. The molecule has 1 rings (SSSR count). The van der Waals surface area contributed by atoms with E-state index in [0.29, 0.717) is 0 Å². The Morgan fingerprint density at radius 3 is 1.75 bits per heavy atom. The van der Waals surface area contributed by atoms with Crippen molar-refractivity contribution in [3.63, 3.8) is 0 Å². The molecule has 1 aliphatic rings. The van der Waals surface area contributed by atoms with Crippen molar-refractivity contribution in [1.29, 1.82) is 0 Å². The highest BCUT2D eigenvalue weighted by atomic mass is 79.9. The molecule has 0 spiro atoms. The molecule has 0 atom stereocenters. The first-order chi connectivity index (χ1) is 5.61. The van der Waals surface area contributed by atoms with Crippen LogP contribution >= 0.6 is 14.8 Å². The Balaban J connectivity index is 2.51. The van der Waals surface area contributed by atoms with Gasteiger partial charge in [0.05, 0.1) is 20.1 Å². The Labute approximate surface area is 81.9 Å². The van der Waals surface area contributed by atoms with Gasteiger partial charge in [-0.05, 0) is 12.8 Å². The average molecular weight is 255 g/mol. The Morgan fingerprint density at radius 1 is 0.917 bits per heavy atom. The third-order valence-corrected chi connectivity index (χ3v) is 5.30. The molecule has 72 valence electrons. The van der Waals surface area contributed by atoms with Crippen molar-refractivity contribution in [2.45, 2.75) is 50.2 Å². The fourth-order valence-corrected chi connectivity index (χ4v) is 3.72. The number of halogens is 1. The van der Waals surface area contributed by atoms with Gasteiger partial charge < -0.3 is 0 Å². The van der Waals surface area contributed by atoms with Gasteiger partial charge >= 0.3 is 0 Å². The van der Waals surface area contributed by atoms with Gasteiger partial charge in [-0.15, -0.1) is 0 Å². The summed E-state index contributed by atoms with van der Waals surface area (Å²) in [4.78, 5) is 0. The van der Waals surface area contributed by atoms with E-state index in [-0.39, 0.29) is 5.25 Å². The summed E-state index contributed by atoms with van der Waals surface area (Å²) in [7, 11) is -2.95. The molecule has 1 saturated carbocycles. The normalized spacial score (nSPS) is 23.1. The van der Waals surface area contributed by atoms with Gasteiger partial charge in [-0.25, -0.2) is 8.42 Å². The standard InChI is InChI=1S/C8H15BrO2S/c9-12(10,11)8-6-4-2-1-3-5-7-8/h8H,1-7H2. The van der Waals surface area contributed by atoms with Crippen molar-refractivity contribution >= 4 is 23.1 Å². The van der Waals surface area contributed by atoms with Crippen molar-refractivity contribution in [2.24, 2.45) is 0 Å². The maximum absolute atomic E-state index is 11.2. The Morgan fingerprint density at radius 2 is 1.33 bits per heavy atom. The second-order valence-corrected chi connectivity index (χ2v) is 7.77. The quantitative estimate of drug-likeness (QED) is 0.675. The van der Waals surface area contributed by atoms with E-state index >= 15 is 0 Å². The molecule has 12 heavy (non-hydrogen) atoms. The summed E-state index contributed by atoms with van der Waals surface area (Å²) in [6.07, 6.45) is 7.47. The molecule has 0 unspecified atom stereocenters. The van der Waals surface area contributed by atoms with Gasteiger partial charge in [0.1, 0.15) is 0 Å². The van der Waals surface area contributed by atoms with Crippen molar-refractivity contribution < 1.29 is 8.42 Å². The molecule has 4 heteroatoms. The monoisotopic (exact) mass is 254 g/mol. The molecule has 0 aliphatic heterocycles. The summed E-state index contributed by atoms with van der Waals surface area (Å²) in [5.74, 6) is 0. The maximum atomic E-state index is 11.2. The summed E-state index contributed by atoms with van der Waals surface area (Å²) in [5.41, 5.74) is 0. The third-order valence-electron chi connectivity index (χ3n) is 2.45. The Hall–Kier alpha value is 0.430. The summed E-state index contributed by atoms with van der Waals surface area (Å²) in [6.45, 7) is 0. The molecule has 0 aromatic carbocycles. The predicted molar refractivity (Wildman–Crippen MR) is 54.0 cm³/mol. The molecule has 0 aromatic heterocycles. The number of hydrogen-bond donors (Lipinski definition) is 0. The highest BCUT2D eigenvalue weighted by Crippen LogP contribution is 2.25. The van der Waals surface area contributed by atoms with Gasteiger partial charge in [0.2, 0.25) is 8.27 Å². The molecule has 0 radical (unpaired) electrons. The van der Waals surface area contributed by atoms with Gasteiger partial charge in [0.25, 0.3) is 0 Å². The van der Waals surface area contributed by atoms with Crippen LogP contribution in [0.25, 0.3) is 0 Å². The smallest absolute Gasteiger partial charge is 0.212 e. The highest BCUT2D eigenvalue weighted by molar-refractivity contribution is 9.47. The fourth-order valence-electron chi connectivity index (χ4n) is 1.70. The summed E-state index contributed by atoms with van der Waals surface area (Å²) >= 11 is 2.77. The molecule has 0 saturated heterocycles. The van der Waals surface area contributed by atoms with Gasteiger partial charge in [-0.3, -0.25) is 0 Å². The largest absolute Gasteiger partial charge is 0.217 e. The van der Waals surface area contributed by atoms with E-state index in [9.17, 15) is 8.42 Å². The lowest BCUT2D eigenvalue weighted by Gasteiger charge is -2.16. The molecule has 0 amide bonds. The van der Waals surface area contributed by atoms with Gasteiger partial charge in [0.15, 0.2) is 0 Å². The molecule has 2 nitrogen and oxygen atoms in total. The van der Waals surface area contributed by atoms with E-state index in [1.54, 1.807) is 0 Å². The van der Waals surface area contributed by atoms with E-state index in [1.807, 2.05) is 0 Å². The van der Waals surface area contributed by atoms with E-state index in [1.165, 1.54) is 19.3 Å². The molecular weight excluding hydrogens is 240 g/mol. The van der Waals surface area contributed by atoms with Crippen LogP contribution in [0.5, 0.6) is 0 Å². The first-order valence-corrected chi connectivity index (χ1v) is 7.93. The topological polar surface area (TPSA) is 34.1 Å². The van der Waals surface area contributed by atoms with Crippen molar-refractivity contribution in [3.05, 3.63) is 0 Å². The van der Waals surface area contributed by atoms with Crippen LogP contribution in [0.3, 0.4) is 0 Å². The molecular formula is C8H15BrO2S. The van der Waals surface area contributed by atoms with Gasteiger partial charge in [-0.2, -0.15) is 0 Å². The van der Waals surface area contributed by atoms with Crippen LogP contribution in [0.1, 0.15) is 44.9 Å². The van der Waals surface area contributed by atoms with Crippen molar-refractivity contribution in [3.8, 4) is 0 Å². The van der Waals surface area contributed by atoms with Crippen LogP contribution in [0, 0.1) is 0 Å². The third kappa shape index (κ3) is 3.44. The van der Waals surface area contributed by atoms with Crippen LogP contribution in [0.4, 0.5) is 0 Å². The summed E-state index contributed by atoms with van der Waals surface area (Å²) in [6, 6.07) is 0. The first kappa shape index (κ1) is 10.5. The highest BCUT2D eigenvalue weighted by Gasteiger charge is 2.22. The van der Waals surface area contributed by atoms with Crippen molar-refractivity contribution in [2.75, 3.05) is 0 Å². The molecule has 0 N–H and O–H groups in total. The minimum atomic E-state index is -2.95.